The molecule has 0 aromatic carbocycles. The second kappa shape index (κ2) is 3.02. The lowest BCUT2D eigenvalue weighted by Gasteiger charge is -2.11. The number of rotatable bonds is 2. The van der Waals surface area contributed by atoms with Gasteiger partial charge in [-0.25, -0.2) is 0 Å². The van der Waals surface area contributed by atoms with Crippen LogP contribution in [0.1, 0.15) is 25.7 Å². The molecule has 1 atom stereocenters. The topological polar surface area (TPSA) is 20.2 Å². The molecule has 0 radical (unpaired) electrons. The summed E-state index contributed by atoms with van der Waals surface area (Å²) in [5.41, 5.74) is 0. The van der Waals surface area contributed by atoms with E-state index in [0.29, 0.717) is 5.92 Å². The first-order valence-corrected chi connectivity index (χ1v) is 3.65. The number of hydrogen-bond acceptors (Lipinski definition) is 1. The van der Waals surface area contributed by atoms with Gasteiger partial charge < -0.3 is 5.11 Å². The molecule has 0 aliphatic heterocycles. The van der Waals surface area contributed by atoms with E-state index in [9.17, 15) is 5.11 Å². The quantitative estimate of drug-likeness (QED) is 0.558. The third kappa shape index (κ3) is 1.55. The van der Waals surface area contributed by atoms with Crippen molar-refractivity contribution in [3.05, 3.63) is 12.7 Å². The fourth-order valence-electron chi connectivity index (χ4n) is 1.49. The highest BCUT2D eigenvalue weighted by atomic mass is 16.3. The van der Waals surface area contributed by atoms with Crippen LogP contribution in [0.2, 0.25) is 0 Å². The maximum Gasteiger partial charge on any atom is 0.0746 e. The van der Waals surface area contributed by atoms with E-state index in [0.717, 1.165) is 0 Å². The second-order valence-electron chi connectivity index (χ2n) is 2.77. The van der Waals surface area contributed by atoms with Crippen LogP contribution < -0.4 is 0 Å². The molecule has 1 nitrogen and oxygen atoms in total. The Morgan fingerprint density at radius 1 is 1.44 bits per heavy atom. The van der Waals surface area contributed by atoms with Crippen LogP contribution >= 0.6 is 0 Å². The van der Waals surface area contributed by atoms with Crippen molar-refractivity contribution >= 4 is 0 Å². The molecule has 1 fully saturated rings. The Labute approximate surface area is 56.4 Å². The van der Waals surface area contributed by atoms with Crippen molar-refractivity contribution in [3.63, 3.8) is 0 Å². The molecular weight excluding hydrogens is 112 g/mol. The molecule has 0 aromatic heterocycles. The van der Waals surface area contributed by atoms with E-state index in [1.54, 1.807) is 6.08 Å². The van der Waals surface area contributed by atoms with Gasteiger partial charge in [0, 0.05) is 0 Å². The van der Waals surface area contributed by atoms with Gasteiger partial charge in [0.15, 0.2) is 0 Å². The van der Waals surface area contributed by atoms with Crippen molar-refractivity contribution in [1.82, 2.24) is 0 Å². The van der Waals surface area contributed by atoms with Gasteiger partial charge in [0.2, 0.25) is 0 Å². The summed E-state index contributed by atoms with van der Waals surface area (Å²) in [5.74, 6) is 0.516. The summed E-state index contributed by atoms with van der Waals surface area (Å²) in [6, 6.07) is 0. The third-order valence-corrected chi connectivity index (χ3v) is 2.12. The zero-order valence-corrected chi connectivity index (χ0v) is 5.71. The molecule has 1 unspecified atom stereocenters. The Hall–Kier alpha value is -0.300. The summed E-state index contributed by atoms with van der Waals surface area (Å²) in [4.78, 5) is 0. The molecule has 0 spiro atoms. The van der Waals surface area contributed by atoms with E-state index in [1.807, 2.05) is 0 Å². The van der Waals surface area contributed by atoms with Crippen molar-refractivity contribution in [3.8, 4) is 0 Å². The van der Waals surface area contributed by atoms with Gasteiger partial charge in [-0.05, 0) is 18.8 Å². The standard InChI is InChI=1S/C8H14O/c1-2-8(9)7-5-3-4-6-7/h2,7-9H,1,3-6H2. The molecule has 0 heterocycles. The molecule has 0 amide bonds. The van der Waals surface area contributed by atoms with E-state index < -0.39 is 0 Å². The van der Waals surface area contributed by atoms with Crippen molar-refractivity contribution < 1.29 is 5.11 Å². The monoisotopic (exact) mass is 126 g/mol. The zero-order chi connectivity index (χ0) is 6.69. The van der Waals surface area contributed by atoms with Crippen LogP contribution in [0.4, 0.5) is 0 Å². The van der Waals surface area contributed by atoms with E-state index in [4.69, 9.17) is 0 Å². The van der Waals surface area contributed by atoms with Crippen molar-refractivity contribution in [2.24, 2.45) is 5.92 Å². The summed E-state index contributed by atoms with van der Waals surface area (Å²) in [5, 5.41) is 9.24. The van der Waals surface area contributed by atoms with Crippen molar-refractivity contribution in [2.75, 3.05) is 0 Å². The summed E-state index contributed by atoms with van der Waals surface area (Å²) in [6.45, 7) is 3.56. The summed E-state index contributed by atoms with van der Waals surface area (Å²) in [7, 11) is 0. The lowest BCUT2D eigenvalue weighted by Crippen LogP contribution is -2.13. The normalized spacial score (nSPS) is 24.1. The highest BCUT2D eigenvalue weighted by molar-refractivity contribution is 4.86. The molecule has 1 N–H and O–H groups in total. The van der Waals surface area contributed by atoms with Crippen molar-refractivity contribution in [1.29, 1.82) is 0 Å². The first-order valence-electron chi connectivity index (χ1n) is 3.65. The SMILES string of the molecule is C=CC(O)C1CCCC1. The Balaban J connectivity index is 2.32. The molecule has 1 saturated carbocycles. The zero-order valence-electron chi connectivity index (χ0n) is 5.71. The Kier molecular flexibility index (Phi) is 2.29. The maximum atomic E-state index is 9.24. The molecule has 1 heteroatoms. The molecular formula is C8H14O. The molecule has 0 saturated heterocycles. The van der Waals surface area contributed by atoms with Gasteiger partial charge in [0.05, 0.1) is 6.10 Å². The van der Waals surface area contributed by atoms with Crippen molar-refractivity contribution in [2.45, 2.75) is 31.8 Å². The van der Waals surface area contributed by atoms with Crippen LogP contribution in [-0.2, 0) is 0 Å². The molecule has 1 aliphatic carbocycles. The maximum absolute atomic E-state index is 9.24. The van der Waals surface area contributed by atoms with Crippen LogP contribution in [0.5, 0.6) is 0 Å². The van der Waals surface area contributed by atoms with Gasteiger partial charge in [0.25, 0.3) is 0 Å². The van der Waals surface area contributed by atoms with Crippen LogP contribution in [-0.4, -0.2) is 11.2 Å². The molecule has 1 rings (SSSR count). The van der Waals surface area contributed by atoms with Gasteiger partial charge in [0.1, 0.15) is 0 Å². The van der Waals surface area contributed by atoms with Gasteiger partial charge in [-0.1, -0.05) is 18.9 Å². The number of aliphatic hydroxyl groups is 1. The molecule has 0 aromatic rings. The molecule has 0 bridgehead atoms. The van der Waals surface area contributed by atoms with Gasteiger partial charge in [-0.3, -0.25) is 0 Å². The predicted molar refractivity (Wildman–Crippen MR) is 38.2 cm³/mol. The van der Waals surface area contributed by atoms with E-state index in [-0.39, 0.29) is 6.10 Å². The smallest absolute Gasteiger partial charge is 0.0746 e. The minimum Gasteiger partial charge on any atom is -0.389 e. The predicted octanol–water partition coefficient (Wildman–Crippen LogP) is 1.72. The van der Waals surface area contributed by atoms with E-state index >= 15 is 0 Å². The number of hydrogen-bond donors (Lipinski definition) is 1. The largest absolute Gasteiger partial charge is 0.389 e. The molecule has 9 heavy (non-hydrogen) atoms. The average molecular weight is 126 g/mol. The average Bonchev–Trinajstić information content (AvgIpc) is 2.37. The summed E-state index contributed by atoms with van der Waals surface area (Å²) >= 11 is 0. The highest BCUT2D eigenvalue weighted by Gasteiger charge is 2.20. The van der Waals surface area contributed by atoms with E-state index in [2.05, 4.69) is 6.58 Å². The molecule has 52 valence electrons. The molecule has 1 aliphatic rings. The Morgan fingerprint density at radius 3 is 2.44 bits per heavy atom. The second-order valence-corrected chi connectivity index (χ2v) is 2.77. The lowest BCUT2D eigenvalue weighted by molar-refractivity contribution is 0.156. The van der Waals surface area contributed by atoms with Gasteiger partial charge in [-0.15, -0.1) is 6.58 Å². The van der Waals surface area contributed by atoms with Crippen LogP contribution in [0, 0.1) is 5.92 Å². The Bertz CT molecular complexity index is 92.7. The van der Waals surface area contributed by atoms with Gasteiger partial charge in [-0.2, -0.15) is 0 Å². The van der Waals surface area contributed by atoms with Crippen LogP contribution in [0.25, 0.3) is 0 Å². The van der Waals surface area contributed by atoms with Crippen LogP contribution in [0.15, 0.2) is 12.7 Å². The van der Waals surface area contributed by atoms with Crippen LogP contribution in [0.3, 0.4) is 0 Å². The lowest BCUT2D eigenvalue weighted by atomic mass is 10.0. The first kappa shape index (κ1) is 6.81. The Morgan fingerprint density at radius 2 is 2.00 bits per heavy atom. The minimum absolute atomic E-state index is 0.243. The fraction of sp³-hybridized carbons (Fsp3) is 0.750. The summed E-state index contributed by atoms with van der Waals surface area (Å²) < 4.78 is 0. The van der Waals surface area contributed by atoms with Gasteiger partial charge >= 0.3 is 0 Å². The highest BCUT2D eigenvalue weighted by Crippen LogP contribution is 2.27. The fourth-order valence-corrected chi connectivity index (χ4v) is 1.49. The third-order valence-electron chi connectivity index (χ3n) is 2.12. The minimum atomic E-state index is -0.243. The number of aliphatic hydroxyl groups excluding tert-OH is 1. The summed E-state index contributed by atoms with van der Waals surface area (Å²) in [6.07, 6.45) is 6.36. The van der Waals surface area contributed by atoms with E-state index in [1.165, 1.54) is 25.7 Å². The first-order chi connectivity index (χ1) is 4.34.